The molecule has 8 heteroatoms. The lowest BCUT2D eigenvalue weighted by molar-refractivity contribution is -0.149. The molecule has 2 aromatic rings. The largest absolute Gasteiger partial charge is 0.497 e. The van der Waals surface area contributed by atoms with Gasteiger partial charge in [-0.05, 0) is 57.5 Å². The van der Waals surface area contributed by atoms with Crippen LogP contribution in [0.4, 0.5) is 0 Å². The van der Waals surface area contributed by atoms with Crippen LogP contribution in [0.25, 0.3) is 0 Å². The zero-order valence-corrected chi connectivity index (χ0v) is 21.5. The maximum Gasteiger partial charge on any atom is 0.309 e. The van der Waals surface area contributed by atoms with E-state index in [0.717, 1.165) is 16.8 Å². The van der Waals surface area contributed by atoms with E-state index in [4.69, 9.17) is 19.3 Å². The summed E-state index contributed by atoms with van der Waals surface area (Å²) in [6.07, 6.45) is 1.97. The van der Waals surface area contributed by atoms with Crippen molar-refractivity contribution in [3.63, 3.8) is 0 Å². The van der Waals surface area contributed by atoms with Gasteiger partial charge in [0.2, 0.25) is 0 Å². The van der Waals surface area contributed by atoms with Crippen LogP contribution in [-0.2, 0) is 14.3 Å². The summed E-state index contributed by atoms with van der Waals surface area (Å²) in [6, 6.07) is 13.6. The second-order valence-corrected chi connectivity index (χ2v) is 9.28. The number of esters is 1. The Balaban J connectivity index is 1.54. The van der Waals surface area contributed by atoms with Crippen molar-refractivity contribution in [1.82, 2.24) is 9.91 Å². The molecule has 2 aliphatic rings. The first-order chi connectivity index (χ1) is 17.4. The Morgan fingerprint density at radius 1 is 1.03 bits per heavy atom. The molecule has 0 aliphatic carbocycles. The molecular weight excluding hydrogens is 458 g/mol. The van der Waals surface area contributed by atoms with Crippen molar-refractivity contribution in [3.05, 3.63) is 59.2 Å². The van der Waals surface area contributed by atoms with E-state index < -0.39 is 0 Å². The van der Waals surface area contributed by atoms with Crippen LogP contribution in [0.5, 0.6) is 11.5 Å². The third-order valence-electron chi connectivity index (χ3n) is 6.92. The Kier molecular flexibility index (Phi) is 8.25. The number of methoxy groups -OCH3 is 2. The van der Waals surface area contributed by atoms with E-state index in [1.54, 1.807) is 19.2 Å². The molecule has 36 heavy (non-hydrogen) atoms. The Labute approximate surface area is 212 Å². The summed E-state index contributed by atoms with van der Waals surface area (Å²) in [6.45, 7) is 5.86. The molecule has 0 unspecified atom stereocenters. The average Bonchev–Trinajstić information content (AvgIpc) is 3.34. The SMILES string of the molecule is CCOC(=O)C1CCN(CC(=O)N2N=C(c3ccc(C)cc3)C[C@@H]2c2ccc(OC)cc2OC)CC1. The molecule has 1 fully saturated rings. The van der Waals surface area contributed by atoms with Gasteiger partial charge in [0.15, 0.2) is 0 Å². The predicted molar refractivity (Wildman–Crippen MR) is 137 cm³/mol. The van der Waals surface area contributed by atoms with Crippen molar-refractivity contribution in [2.24, 2.45) is 11.0 Å². The van der Waals surface area contributed by atoms with E-state index in [2.05, 4.69) is 17.0 Å². The van der Waals surface area contributed by atoms with Gasteiger partial charge in [-0.2, -0.15) is 5.10 Å². The molecule has 192 valence electrons. The molecule has 1 saturated heterocycles. The first kappa shape index (κ1) is 25.7. The number of likely N-dealkylation sites (tertiary alicyclic amines) is 1. The Hall–Kier alpha value is -3.39. The number of rotatable bonds is 8. The van der Waals surface area contributed by atoms with E-state index in [-0.39, 0.29) is 30.4 Å². The number of benzene rings is 2. The molecule has 1 atom stereocenters. The number of amides is 1. The van der Waals surface area contributed by atoms with Gasteiger partial charge < -0.3 is 14.2 Å². The molecule has 8 nitrogen and oxygen atoms in total. The van der Waals surface area contributed by atoms with Crippen molar-refractivity contribution in [2.75, 3.05) is 40.5 Å². The van der Waals surface area contributed by atoms with Crippen molar-refractivity contribution < 1.29 is 23.8 Å². The molecule has 0 radical (unpaired) electrons. The Morgan fingerprint density at radius 2 is 1.75 bits per heavy atom. The van der Waals surface area contributed by atoms with Crippen molar-refractivity contribution in [3.8, 4) is 11.5 Å². The van der Waals surface area contributed by atoms with Crippen molar-refractivity contribution >= 4 is 17.6 Å². The van der Waals surface area contributed by atoms with Crippen LogP contribution in [0, 0.1) is 12.8 Å². The van der Waals surface area contributed by atoms with Crippen LogP contribution in [0.3, 0.4) is 0 Å². The van der Waals surface area contributed by atoms with E-state index in [1.807, 2.05) is 44.2 Å². The molecule has 0 aromatic heterocycles. The maximum absolute atomic E-state index is 13.6. The minimum Gasteiger partial charge on any atom is -0.497 e. The number of carbonyl (C=O) groups excluding carboxylic acids is 2. The van der Waals surface area contributed by atoms with Gasteiger partial charge in [-0.1, -0.05) is 29.8 Å². The van der Waals surface area contributed by atoms with E-state index >= 15 is 0 Å². The highest BCUT2D eigenvalue weighted by atomic mass is 16.5. The number of carbonyl (C=O) groups is 2. The van der Waals surface area contributed by atoms with Gasteiger partial charge in [-0.15, -0.1) is 0 Å². The number of nitrogens with zero attached hydrogens (tertiary/aromatic N) is 3. The Morgan fingerprint density at radius 3 is 2.39 bits per heavy atom. The summed E-state index contributed by atoms with van der Waals surface area (Å²) in [5.41, 5.74) is 3.93. The van der Waals surface area contributed by atoms with Crippen LogP contribution < -0.4 is 9.47 Å². The molecule has 1 amide bonds. The molecule has 0 saturated carbocycles. The Bertz CT molecular complexity index is 1110. The fourth-order valence-corrected chi connectivity index (χ4v) is 4.85. The van der Waals surface area contributed by atoms with Gasteiger partial charge in [-0.25, -0.2) is 5.01 Å². The number of hydrogen-bond donors (Lipinski definition) is 0. The fraction of sp³-hybridized carbons (Fsp3) is 0.464. The second kappa shape index (κ2) is 11.6. The molecule has 2 aliphatic heterocycles. The summed E-state index contributed by atoms with van der Waals surface area (Å²) >= 11 is 0. The van der Waals surface area contributed by atoms with E-state index in [1.165, 1.54) is 5.56 Å². The number of aryl methyl sites for hydroxylation is 1. The molecule has 0 N–H and O–H groups in total. The van der Waals surface area contributed by atoms with E-state index in [9.17, 15) is 9.59 Å². The highest BCUT2D eigenvalue weighted by molar-refractivity contribution is 6.03. The van der Waals surface area contributed by atoms with E-state index in [0.29, 0.717) is 50.5 Å². The second-order valence-electron chi connectivity index (χ2n) is 9.28. The van der Waals surface area contributed by atoms with Gasteiger partial charge >= 0.3 is 5.97 Å². The fourth-order valence-electron chi connectivity index (χ4n) is 4.85. The maximum atomic E-state index is 13.6. The van der Waals surface area contributed by atoms with Gasteiger partial charge in [0, 0.05) is 18.1 Å². The summed E-state index contributed by atoms with van der Waals surface area (Å²) in [5, 5.41) is 6.42. The normalized spacial score (nSPS) is 18.6. The number of hydrogen-bond acceptors (Lipinski definition) is 7. The third-order valence-corrected chi connectivity index (χ3v) is 6.92. The van der Waals surface area contributed by atoms with Gasteiger partial charge in [0.1, 0.15) is 11.5 Å². The highest BCUT2D eigenvalue weighted by Crippen LogP contribution is 2.39. The third kappa shape index (κ3) is 5.70. The van der Waals surface area contributed by atoms with Crippen LogP contribution in [0.2, 0.25) is 0 Å². The molecule has 0 spiro atoms. The zero-order chi connectivity index (χ0) is 25.7. The average molecular weight is 494 g/mol. The molecular formula is C28H35N3O5. The van der Waals surface area contributed by atoms with Gasteiger partial charge in [0.25, 0.3) is 5.91 Å². The lowest BCUT2D eigenvalue weighted by Crippen LogP contribution is -2.43. The first-order valence-electron chi connectivity index (χ1n) is 12.5. The lowest BCUT2D eigenvalue weighted by atomic mass is 9.96. The van der Waals surface area contributed by atoms with Crippen LogP contribution in [-0.4, -0.2) is 68.0 Å². The molecule has 0 bridgehead atoms. The molecule has 2 aromatic carbocycles. The summed E-state index contributed by atoms with van der Waals surface area (Å²) in [5.74, 6) is 1.05. The number of hydrazone groups is 1. The molecule has 4 rings (SSSR count). The molecule has 2 heterocycles. The predicted octanol–water partition coefficient (Wildman–Crippen LogP) is 3.97. The summed E-state index contributed by atoms with van der Waals surface area (Å²) < 4.78 is 16.2. The van der Waals surface area contributed by atoms with Crippen LogP contribution in [0.1, 0.15) is 48.9 Å². The number of ether oxygens (including phenoxy) is 3. The summed E-state index contributed by atoms with van der Waals surface area (Å²) in [7, 11) is 3.23. The van der Waals surface area contributed by atoms with Crippen molar-refractivity contribution in [1.29, 1.82) is 0 Å². The number of piperidine rings is 1. The van der Waals surface area contributed by atoms with Gasteiger partial charge in [0.05, 0.1) is 45.0 Å². The standard InChI is InChI=1S/C28H35N3O5/c1-5-36-28(33)21-12-14-30(15-13-21)18-27(32)31-25(23-11-10-22(34-3)16-26(23)35-4)17-24(29-31)20-8-6-19(2)7-9-20/h6-11,16,21,25H,5,12-15,17-18H2,1-4H3/t25-/m1/s1. The topological polar surface area (TPSA) is 80.7 Å². The highest BCUT2D eigenvalue weighted by Gasteiger charge is 2.36. The lowest BCUT2D eigenvalue weighted by Gasteiger charge is -2.32. The monoisotopic (exact) mass is 493 g/mol. The van der Waals surface area contributed by atoms with Crippen molar-refractivity contribution in [2.45, 2.75) is 39.2 Å². The van der Waals surface area contributed by atoms with Crippen LogP contribution in [0.15, 0.2) is 47.6 Å². The minimum atomic E-state index is -0.285. The quantitative estimate of drug-likeness (QED) is 0.518. The van der Waals surface area contributed by atoms with Crippen LogP contribution >= 0.6 is 0 Å². The first-order valence-corrected chi connectivity index (χ1v) is 12.5. The summed E-state index contributed by atoms with van der Waals surface area (Å²) in [4.78, 5) is 27.8. The zero-order valence-electron chi connectivity index (χ0n) is 21.5. The smallest absolute Gasteiger partial charge is 0.309 e. The minimum absolute atomic E-state index is 0.0745. The van der Waals surface area contributed by atoms with Gasteiger partial charge in [-0.3, -0.25) is 14.5 Å².